The van der Waals surface area contributed by atoms with Gasteiger partial charge in [-0.25, -0.2) is 0 Å². The van der Waals surface area contributed by atoms with Gasteiger partial charge in [-0.05, 0) is 73.2 Å². The summed E-state index contributed by atoms with van der Waals surface area (Å²) in [5.41, 5.74) is -1.49. The van der Waals surface area contributed by atoms with E-state index in [2.05, 4.69) is 47.6 Å². The van der Waals surface area contributed by atoms with E-state index in [9.17, 15) is 24.8 Å². The Kier molecular flexibility index (Phi) is 6.30. The third-order valence-electron chi connectivity index (χ3n) is 12.2. The Balaban J connectivity index is 1.80. The maximum atomic E-state index is 14.0. The van der Waals surface area contributed by atoms with Crippen molar-refractivity contribution < 1.29 is 19.5 Å². The number of Topliss-reactive ketones (excluding diaryl/α,β-unsaturated/α-hetero) is 1. The lowest BCUT2D eigenvalue weighted by atomic mass is 9.36. The number of carboxylic acids is 1. The molecule has 5 nitrogen and oxygen atoms in total. The summed E-state index contributed by atoms with van der Waals surface area (Å²) < 4.78 is 0. The zero-order valence-electron chi connectivity index (χ0n) is 24.1. The molecule has 0 unspecified atom stereocenters. The SMILES string of the molecule is CCC(C)(C)CC[C@]1(C(=O)O)CC[C@]2(C)[C@@H](C1)C(=O)C=C1[C@@]3(C)C=C(C#N)C(=O)C(C)(C)[C@@H]3CC[C@]12C. The molecule has 4 rings (SSSR count). The second-order valence-electron chi connectivity index (χ2n) is 14.7. The normalized spacial score (nSPS) is 40.9. The van der Waals surface area contributed by atoms with Crippen LogP contribution in [0.4, 0.5) is 0 Å². The Hall–Kier alpha value is -2.22. The van der Waals surface area contributed by atoms with Crippen LogP contribution in [0.1, 0.15) is 107 Å². The molecule has 0 heterocycles. The Morgan fingerprint density at radius 2 is 1.78 bits per heavy atom. The molecule has 4 aliphatic carbocycles. The highest BCUT2D eigenvalue weighted by Crippen LogP contribution is 2.72. The number of fused-ring (bicyclic) bond motifs is 5. The first-order valence-corrected chi connectivity index (χ1v) is 14.1. The van der Waals surface area contributed by atoms with E-state index < -0.39 is 22.2 Å². The molecule has 4 aliphatic rings. The summed E-state index contributed by atoms with van der Waals surface area (Å²) >= 11 is 0. The van der Waals surface area contributed by atoms with Crippen LogP contribution in [0.3, 0.4) is 0 Å². The molecule has 0 aromatic rings. The first-order chi connectivity index (χ1) is 16.9. The van der Waals surface area contributed by atoms with Gasteiger partial charge < -0.3 is 5.11 Å². The van der Waals surface area contributed by atoms with Crippen LogP contribution < -0.4 is 0 Å². The van der Waals surface area contributed by atoms with Gasteiger partial charge in [-0.1, -0.05) is 73.5 Å². The first kappa shape index (κ1) is 27.8. The fourth-order valence-corrected chi connectivity index (χ4v) is 8.79. The van der Waals surface area contributed by atoms with Gasteiger partial charge in [0, 0.05) is 16.7 Å². The van der Waals surface area contributed by atoms with Crippen molar-refractivity contribution >= 4 is 17.5 Å². The van der Waals surface area contributed by atoms with E-state index in [1.165, 1.54) is 0 Å². The van der Waals surface area contributed by atoms with Gasteiger partial charge >= 0.3 is 5.97 Å². The monoisotopic (exact) mass is 507 g/mol. The average Bonchev–Trinajstić information content (AvgIpc) is 2.82. The van der Waals surface area contributed by atoms with E-state index in [-0.39, 0.29) is 45.2 Å². The van der Waals surface area contributed by atoms with Crippen molar-refractivity contribution in [1.82, 2.24) is 0 Å². The number of carboxylic acid groups (broad SMARTS) is 1. The highest BCUT2D eigenvalue weighted by Gasteiger charge is 2.67. The molecular formula is C32H45NO4. The number of ketones is 2. The van der Waals surface area contributed by atoms with Gasteiger partial charge in [0.1, 0.15) is 6.07 Å². The molecular weight excluding hydrogens is 462 g/mol. The summed E-state index contributed by atoms with van der Waals surface area (Å²) in [6, 6.07) is 2.14. The smallest absolute Gasteiger partial charge is 0.309 e. The van der Waals surface area contributed by atoms with Crippen LogP contribution in [0.15, 0.2) is 23.3 Å². The number of hydrogen-bond acceptors (Lipinski definition) is 4. The number of carbonyl (C=O) groups excluding carboxylic acids is 2. The van der Waals surface area contributed by atoms with Crippen molar-refractivity contribution in [2.45, 2.75) is 107 Å². The second kappa shape index (κ2) is 8.39. The molecule has 5 heteroatoms. The molecule has 202 valence electrons. The number of allylic oxidation sites excluding steroid dienone is 4. The van der Waals surface area contributed by atoms with E-state index >= 15 is 0 Å². The van der Waals surface area contributed by atoms with Crippen LogP contribution in [0.25, 0.3) is 0 Å². The third kappa shape index (κ3) is 3.72. The number of rotatable bonds is 5. The number of nitrogens with zero attached hydrogens (tertiary/aromatic N) is 1. The Bertz CT molecular complexity index is 1150. The molecule has 0 spiro atoms. The molecule has 0 aliphatic heterocycles. The van der Waals surface area contributed by atoms with Crippen molar-refractivity contribution in [3.8, 4) is 6.07 Å². The summed E-state index contributed by atoms with van der Waals surface area (Å²) in [5, 5.41) is 20.3. The van der Waals surface area contributed by atoms with E-state index in [0.29, 0.717) is 25.7 Å². The molecule has 37 heavy (non-hydrogen) atoms. The lowest BCUT2D eigenvalue weighted by molar-refractivity contribution is -0.165. The zero-order valence-corrected chi connectivity index (χ0v) is 24.1. The maximum absolute atomic E-state index is 14.0. The minimum atomic E-state index is -0.873. The second-order valence-corrected chi connectivity index (χ2v) is 14.7. The largest absolute Gasteiger partial charge is 0.481 e. The van der Waals surface area contributed by atoms with Gasteiger partial charge in [-0.15, -0.1) is 0 Å². The van der Waals surface area contributed by atoms with Crippen molar-refractivity contribution in [1.29, 1.82) is 5.26 Å². The highest BCUT2D eigenvalue weighted by molar-refractivity contribution is 6.04. The van der Waals surface area contributed by atoms with E-state index in [1.54, 1.807) is 0 Å². The Labute approximate surface area is 222 Å². The molecule has 2 fully saturated rings. The van der Waals surface area contributed by atoms with Gasteiger partial charge in [0.2, 0.25) is 0 Å². The quantitative estimate of drug-likeness (QED) is 0.429. The summed E-state index contributed by atoms with van der Waals surface area (Å²) in [7, 11) is 0. The van der Waals surface area contributed by atoms with Gasteiger partial charge in [0.25, 0.3) is 0 Å². The summed E-state index contributed by atoms with van der Waals surface area (Å²) in [6.45, 7) is 17.0. The Morgan fingerprint density at radius 1 is 1.14 bits per heavy atom. The van der Waals surface area contributed by atoms with Crippen molar-refractivity contribution in [3.63, 3.8) is 0 Å². The van der Waals surface area contributed by atoms with Crippen molar-refractivity contribution in [2.75, 3.05) is 0 Å². The summed E-state index contributed by atoms with van der Waals surface area (Å²) in [4.78, 5) is 39.8. The molecule has 0 bridgehead atoms. The predicted molar refractivity (Wildman–Crippen MR) is 143 cm³/mol. The molecule has 0 aromatic carbocycles. The van der Waals surface area contributed by atoms with Gasteiger partial charge in [-0.3, -0.25) is 14.4 Å². The molecule has 0 saturated heterocycles. The van der Waals surface area contributed by atoms with Crippen molar-refractivity contribution in [2.24, 2.45) is 44.3 Å². The maximum Gasteiger partial charge on any atom is 0.309 e. The fourth-order valence-electron chi connectivity index (χ4n) is 8.79. The minimum absolute atomic E-state index is 0.00912. The van der Waals surface area contributed by atoms with E-state index in [4.69, 9.17) is 0 Å². The highest BCUT2D eigenvalue weighted by atomic mass is 16.4. The number of carbonyl (C=O) groups is 3. The van der Waals surface area contributed by atoms with E-state index in [1.807, 2.05) is 26.0 Å². The number of hydrogen-bond donors (Lipinski definition) is 1. The van der Waals surface area contributed by atoms with Crippen LogP contribution in [-0.4, -0.2) is 22.6 Å². The van der Waals surface area contributed by atoms with Gasteiger partial charge in [0.15, 0.2) is 11.6 Å². The standard InChI is InChI=1S/C32H45NO4/c1-9-27(2,3)12-14-32(26(36)37)15-13-30(7)21(18-32)22(34)16-24-29(6)17-20(19-33)25(35)28(4,5)23(29)10-11-31(24,30)8/h16-17,21,23H,9-15,18H2,1-8H3,(H,36,37)/t21-,23-,29-,30+,31+,32-/m0/s1. The number of aliphatic carboxylic acids is 1. The average molecular weight is 508 g/mol. The van der Waals surface area contributed by atoms with Crippen LogP contribution in [0, 0.1) is 55.7 Å². The predicted octanol–water partition coefficient (Wildman–Crippen LogP) is 7.07. The molecule has 6 atom stereocenters. The Morgan fingerprint density at radius 3 is 2.35 bits per heavy atom. The van der Waals surface area contributed by atoms with Crippen molar-refractivity contribution in [3.05, 3.63) is 23.3 Å². The minimum Gasteiger partial charge on any atom is -0.481 e. The lowest BCUT2D eigenvalue weighted by Gasteiger charge is -2.66. The lowest BCUT2D eigenvalue weighted by Crippen LogP contribution is -2.62. The molecule has 1 N–H and O–H groups in total. The third-order valence-corrected chi connectivity index (χ3v) is 12.2. The fraction of sp³-hybridized carbons (Fsp3) is 0.750. The van der Waals surface area contributed by atoms with E-state index in [0.717, 1.165) is 31.3 Å². The summed E-state index contributed by atoms with van der Waals surface area (Å²) in [6.07, 6.45) is 9.43. The molecule has 0 radical (unpaired) electrons. The van der Waals surface area contributed by atoms with Crippen LogP contribution in [0.5, 0.6) is 0 Å². The number of nitriles is 1. The van der Waals surface area contributed by atoms with Gasteiger partial charge in [0.05, 0.1) is 11.0 Å². The molecule has 0 aromatic heterocycles. The van der Waals surface area contributed by atoms with Crippen LogP contribution >= 0.6 is 0 Å². The molecule has 2 saturated carbocycles. The first-order valence-electron chi connectivity index (χ1n) is 14.1. The van der Waals surface area contributed by atoms with Gasteiger partial charge in [-0.2, -0.15) is 5.26 Å². The van der Waals surface area contributed by atoms with Crippen LogP contribution in [-0.2, 0) is 14.4 Å². The summed E-state index contributed by atoms with van der Waals surface area (Å²) in [5.74, 6) is -1.17. The van der Waals surface area contributed by atoms with Crippen LogP contribution in [0.2, 0.25) is 0 Å². The molecule has 0 amide bonds. The zero-order chi connectivity index (χ0) is 27.8. The topological polar surface area (TPSA) is 95.2 Å².